The summed E-state index contributed by atoms with van der Waals surface area (Å²) >= 11 is 1.86. The van der Waals surface area contributed by atoms with E-state index in [9.17, 15) is 0 Å². The van der Waals surface area contributed by atoms with Gasteiger partial charge in [-0.2, -0.15) is 0 Å². The molecule has 0 atom stereocenters. The summed E-state index contributed by atoms with van der Waals surface area (Å²) < 4.78 is 0. The lowest BCUT2D eigenvalue weighted by molar-refractivity contribution is 0.414. The van der Waals surface area contributed by atoms with Gasteiger partial charge in [-0.25, -0.2) is 0 Å². The molecule has 2 aromatic rings. The summed E-state index contributed by atoms with van der Waals surface area (Å²) in [6, 6.07) is 21.2. The second kappa shape index (κ2) is 6.62. The zero-order chi connectivity index (χ0) is 13.6. The molecule has 0 fully saturated rings. The van der Waals surface area contributed by atoms with E-state index in [4.69, 9.17) is 0 Å². The van der Waals surface area contributed by atoms with E-state index in [1.165, 1.54) is 16.3 Å². The first-order valence-corrected chi connectivity index (χ1v) is 7.90. The monoisotopic (exact) mass is 282 g/mol. The third-order valence-corrected chi connectivity index (χ3v) is 4.30. The zero-order valence-electron chi connectivity index (χ0n) is 11.4. The fourth-order valence-electron chi connectivity index (χ4n) is 2.31. The molecular weight excluding hydrogens is 264 g/mol. The van der Waals surface area contributed by atoms with Gasteiger partial charge in [0.1, 0.15) is 0 Å². The Kier molecular flexibility index (Phi) is 4.38. The van der Waals surface area contributed by atoms with Gasteiger partial charge < -0.3 is 4.90 Å². The van der Waals surface area contributed by atoms with Gasteiger partial charge in [0, 0.05) is 18.8 Å². The zero-order valence-corrected chi connectivity index (χ0v) is 12.2. The normalized spacial score (nSPS) is 14.1. The van der Waals surface area contributed by atoms with E-state index in [2.05, 4.69) is 70.6 Å². The molecule has 0 amide bonds. The third kappa shape index (κ3) is 3.42. The molecule has 0 radical (unpaired) electrons. The Morgan fingerprint density at radius 1 is 0.850 bits per heavy atom. The maximum Gasteiger partial charge on any atom is 0.159 e. The van der Waals surface area contributed by atoms with Crippen molar-refractivity contribution in [2.24, 2.45) is 4.99 Å². The Balaban J connectivity index is 1.77. The summed E-state index contributed by atoms with van der Waals surface area (Å²) in [5.41, 5.74) is 2.66. The molecule has 1 aliphatic heterocycles. The molecule has 2 nitrogen and oxygen atoms in total. The lowest BCUT2D eigenvalue weighted by atomic mass is 10.2. The third-order valence-electron chi connectivity index (χ3n) is 3.27. The Morgan fingerprint density at radius 3 is 1.85 bits per heavy atom. The minimum Gasteiger partial charge on any atom is -0.343 e. The lowest BCUT2D eigenvalue weighted by Crippen LogP contribution is -2.27. The van der Waals surface area contributed by atoms with Crippen LogP contribution in [0, 0.1) is 0 Å². The number of hydrogen-bond acceptors (Lipinski definition) is 3. The molecule has 1 heterocycles. The Labute approximate surface area is 124 Å². The smallest absolute Gasteiger partial charge is 0.159 e. The van der Waals surface area contributed by atoms with Gasteiger partial charge in [-0.05, 0) is 11.1 Å². The van der Waals surface area contributed by atoms with Crippen LogP contribution in [0.1, 0.15) is 11.1 Å². The molecule has 1 aliphatic rings. The number of aliphatic imine (C=N–C) groups is 1. The Morgan fingerprint density at radius 2 is 1.40 bits per heavy atom. The van der Waals surface area contributed by atoms with E-state index in [-0.39, 0.29) is 0 Å². The van der Waals surface area contributed by atoms with Gasteiger partial charge in [0.25, 0.3) is 0 Å². The van der Waals surface area contributed by atoms with E-state index in [1.807, 2.05) is 11.8 Å². The van der Waals surface area contributed by atoms with Crippen LogP contribution in [0.15, 0.2) is 65.7 Å². The number of benzene rings is 2. The maximum atomic E-state index is 4.63. The van der Waals surface area contributed by atoms with Crippen LogP contribution in [-0.2, 0) is 13.1 Å². The highest BCUT2D eigenvalue weighted by Gasteiger charge is 2.16. The predicted molar refractivity (Wildman–Crippen MR) is 86.9 cm³/mol. The number of hydrogen-bond donors (Lipinski definition) is 0. The van der Waals surface area contributed by atoms with Gasteiger partial charge in [0.2, 0.25) is 0 Å². The second-order valence-electron chi connectivity index (χ2n) is 4.84. The molecule has 0 spiro atoms. The average molecular weight is 282 g/mol. The topological polar surface area (TPSA) is 15.6 Å². The van der Waals surface area contributed by atoms with Gasteiger partial charge in [0.05, 0.1) is 6.54 Å². The summed E-state index contributed by atoms with van der Waals surface area (Å²) in [6.45, 7) is 2.78. The van der Waals surface area contributed by atoms with Crippen molar-refractivity contribution < 1.29 is 0 Å². The van der Waals surface area contributed by atoms with E-state index >= 15 is 0 Å². The Hall–Kier alpha value is -1.74. The van der Waals surface area contributed by atoms with Crippen LogP contribution in [0.25, 0.3) is 0 Å². The molecule has 102 valence electrons. The molecule has 0 aliphatic carbocycles. The predicted octanol–water partition coefficient (Wildman–Crippen LogP) is 3.79. The van der Waals surface area contributed by atoms with Gasteiger partial charge in [-0.15, -0.1) is 0 Å². The molecule has 0 unspecified atom stereocenters. The van der Waals surface area contributed by atoms with Crippen LogP contribution < -0.4 is 0 Å². The molecule has 0 bridgehead atoms. The molecule has 0 saturated carbocycles. The first-order valence-electron chi connectivity index (χ1n) is 6.92. The Bertz CT molecular complexity index is 525. The van der Waals surface area contributed by atoms with Crippen molar-refractivity contribution in [3.05, 3.63) is 71.8 Å². The van der Waals surface area contributed by atoms with Crippen molar-refractivity contribution in [1.82, 2.24) is 4.90 Å². The van der Waals surface area contributed by atoms with Gasteiger partial charge in [0.15, 0.2) is 5.17 Å². The number of rotatable bonds is 4. The van der Waals surface area contributed by atoms with E-state index < -0.39 is 0 Å². The van der Waals surface area contributed by atoms with Crippen LogP contribution in [0.4, 0.5) is 0 Å². The van der Waals surface area contributed by atoms with Crippen LogP contribution in [0.2, 0.25) is 0 Å². The molecule has 0 saturated heterocycles. The summed E-state index contributed by atoms with van der Waals surface area (Å²) in [5.74, 6) is 1.11. The van der Waals surface area contributed by atoms with Crippen LogP contribution >= 0.6 is 11.8 Å². The second-order valence-corrected chi connectivity index (χ2v) is 5.90. The van der Waals surface area contributed by atoms with Crippen LogP contribution in [-0.4, -0.2) is 22.4 Å². The van der Waals surface area contributed by atoms with Crippen molar-refractivity contribution in [2.45, 2.75) is 13.1 Å². The SMILES string of the molecule is c1ccc(CN(Cc2ccccc2)C2=NCCS2)cc1. The minimum atomic E-state index is 0.918. The largest absolute Gasteiger partial charge is 0.343 e. The molecule has 0 aromatic heterocycles. The van der Waals surface area contributed by atoms with E-state index in [1.54, 1.807) is 0 Å². The molecule has 20 heavy (non-hydrogen) atoms. The highest BCUT2D eigenvalue weighted by molar-refractivity contribution is 8.14. The highest BCUT2D eigenvalue weighted by Crippen LogP contribution is 2.20. The summed E-state index contributed by atoms with van der Waals surface area (Å²) in [6.07, 6.45) is 0. The highest BCUT2D eigenvalue weighted by atomic mass is 32.2. The number of amidine groups is 1. The quantitative estimate of drug-likeness (QED) is 0.848. The van der Waals surface area contributed by atoms with Gasteiger partial charge in [-0.3, -0.25) is 4.99 Å². The first kappa shape index (κ1) is 13.3. The molecule has 0 N–H and O–H groups in total. The van der Waals surface area contributed by atoms with Crippen molar-refractivity contribution in [2.75, 3.05) is 12.3 Å². The van der Waals surface area contributed by atoms with Crippen molar-refractivity contribution in [3.8, 4) is 0 Å². The molecular formula is C17H18N2S. The van der Waals surface area contributed by atoms with E-state index in [0.29, 0.717) is 0 Å². The molecule has 3 heteroatoms. The van der Waals surface area contributed by atoms with Crippen LogP contribution in [0.5, 0.6) is 0 Å². The lowest BCUT2D eigenvalue weighted by Gasteiger charge is -2.24. The van der Waals surface area contributed by atoms with Gasteiger partial charge in [-0.1, -0.05) is 72.4 Å². The van der Waals surface area contributed by atoms with E-state index in [0.717, 1.165) is 25.4 Å². The fourth-order valence-corrected chi connectivity index (χ4v) is 3.17. The molecule has 3 rings (SSSR count). The fraction of sp³-hybridized carbons (Fsp3) is 0.235. The van der Waals surface area contributed by atoms with Crippen molar-refractivity contribution >= 4 is 16.9 Å². The summed E-state index contributed by atoms with van der Waals surface area (Å²) in [5, 5.41) is 1.18. The minimum absolute atomic E-state index is 0.918. The number of nitrogens with zero attached hydrogens (tertiary/aromatic N) is 2. The van der Waals surface area contributed by atoms with Crippen molar-refractivity contribution in [1.29, 1.82) is 0 Å². The maximum absolute atomic E-state index is 4.63. The summed E-state index contributed by atoms with van der Waals surface area (Å²) in [7, 11) is 0. The molecule has 2 aromatic carbocycles. The number of thioether (sulfide) groups is 1. The first-order chi connectivity index (χ1) is 9.92. The average Bonchev–Trinajstić information content (AvgIpc) is 3.03. The standard InChI is InChI=1S/C17H18N2S/c1-3-7-15(8-4-1)13-19(17-18-11-12-20-17)14-16-9-5-2-6-10-16/h1-10H,11-14H2. The summed E-state index contributed by atoms with van der Waals surface area (Å²) in [4.78, 5) is 7.01. The van der Waals surface area contributed by atoms with Gasteiger partial charge >= 0.3 is 0 Å². The van der Waals surface area contributed by atoms with Crippen LogP contribution in [0.3, 0.4) is 0 Å². The van der Waals surface area contributed by atoms with Crippen molar-refractivity contribution in [3.63, 3.8) is 0 Å².